The van der Waals surface area contributed by atoms with Crippen molar-refractivity contribution >= 4 is 66.6 Å². The standard InChI is InChI=1S/C66H44N4O/c1-42(44-19-7-3-8-20-44)67-66(68-43(2)45-21-9-4-10-22-45)55-31-18-30-54-64(55)63-51(28-17-29-53(63)65(54)71)48-35-38-62-58(41-48)57-40-47(34-37-61(57)70(62)50-25-13-6-14-26-50)46-33-36-60-56(39-46)52-27-15-16-32-59(52)69(60)49-23-11-5-12-24-49/h3-41H,1H2,2H3/b67-66-,68-43+. The molecule has 2 heterocycles. The summed E-state index contributed by atoms with van der Waals surface area (Å²) in [4.78, 5) is 25.0. The zero-order valence-electron chi connectivity index (χ0n) is 38.9. The van der Waals surface area contributed by atoms with Crippen LogP contribution >= 0.6 is 0 Å². The van der Waals surface area contributed by atoms with E-state index in [0.717, 1.165) is 89.0 Å². The number of ketones is 1. The van der Waals surface area contributed by atoms with Crippen molar-refractivity contribution in [1.29, 1.82) is 0 Å². The molecule has 0 unspecified atom stereocenters. The molecular formula is C66H44N4O. The summed E-state index contributed by atoms with van der Waals surface area (Å²) < 4.78 is 4.71. The molecular weight excluding hydrogens is 865 g/mol. The van der Waals surface area contributed by atoms with Crippen LogP contribution in [0, 0.1) is 0 Å². The summed E-state index contributed by atoms with van der Waals surface area (Å²) >= 11 is 0. The highest BCUT2D eigenvalue weighted by Gasteiger charge is 2.33. The molecule has 0 amide bonds. The third kappa shape index (κ3) is 6.97. The van der Waals surface area contributed by atoms with Crippen molar-refractivity contribution in [3.63, 3.8) is 0 Å². The van der Waals surface area contributed by atoms with Gasteiger partial charge in [0.05, 0.1) is 27.8 Å². The molecule has 10 aromatic carbocycles. The predicted octanol–water partition coefficient (Wildman–Crippen LogP) is 16.4. The van der Waals surface area contributed by atoms with Gasteiger partial charge < -0.3 is 9.13 Å². The first-order chi connectivity index (χ1) is 35.0. The Bertz CT molecular complexity index is 4180. The monoisotopic (exact) mass is 908 g/mol. The first-order valence-electron chi connectivity index (χ1n) is 24.0. The average molecular weight is 909 g/mol. The van der Waals surface area contributed by atoms with E-state index in [4.69, 9.17) is 9.98 Å². The summed E-state index contributed by atoms with van der Waals surface area (Å²) in [7, 11) is 0. The molecule has 334 valence electrons. The lowest BCUT2D eigenvalue weighted by molar-refractivity contribution is 0.104. The number of carbonyl (C=O) groups is 1. The second-order valence-corrected chi connectivity index (χ2v) is 18.2. The second kappa shape index (κ2) is 17.0. The van der Waals surface area contributed by atoms with Gasteiger partial charge in [-0.15, -0.1) is 0 Å². The highest BCUT2D eigenvalue weighted by molar-refractivity contribution is 6.28. The van der Waals surface area contributed by atoms with Gasteiger partial charge in [0.15, 0.2) is 11.6 Å². The Morgan fingerprint density at radius 3 is 1.45 bits per heavy atom. The van der Waals surface area contributed by atoms with Gasteiger partial charge in [-0.1, -0.05) is 176 Å². The lowest BCUT2D eigenvalue weighted by Gasteiger charge is -2.15. The van der Waals surface area contributed by atoms with Gasteiger partial charge in [0.2, 0.25) is 0 Å². The number of carbonyl (C=O) groups excluding carboxylic acids is 1. The summed E-state index contributed by atoms with van der Waals surface area (Å²) in [6, 6.07) is 82.3. The van der Waals surface area contributed by atoms with Crippen molar-refractivity contribution in [3.05, 3.63) is 271 Å². The largest absolute Gasteiger partial charge is 0.309 e. The number of para-hydroxylation sites is 3. The molecule has 5 nitrogen and oxygen atoms in total. The zero-order valence-corrected chi connectivity index (χ0v) is 38.9. The van der Waals surface area contributed by atoms with E-state index in [1.165, 1.54) is 21.8 Å². The smallest absolute Gasteiger partial charge is 0.194 e. The summed E-state index contributed by atoms with van der Waals surface area (Å²) in [6.07, 6.45) is 0. The summed E-state index contributed by atoms with van der Waals surface area (Å²) in [5.41, 5.74) is 18.1. The number of amidine groups is 1. The van der Waals surface area contributed by atoms with Crippen LogP contribution in [0.25, 0.3) is 94.1 Å². The molecule has 0 bridgehead atoms. The summed E-state index contributed by atoms with van der Waals surface area (Å²) in [5, 5.41) is 4.68. The van der Waals surface area contributed by atoms with Crippen LogP contribution < -0.4 is 0 Å². The van der Waals surface area contributed by atoms with Gasteiger partial charge >= 0.3 is 0 Å². The molecule has 0 saturated heterocycles. The van der Waals surface area contributed by atoms with Gasteiger partial charge in [0, 0.05) is 66.4 Å². The minimum Gasteiger partial charge on any atom is -0.309 e. The van der Waals surface area contributed by atoms with Gasteiger partial charge in [-0.05, 0) is 107 Å². The summed E-state index contributed by atoms with van der Waals surface area (Å²) in [6.45, 7) is 6.40. The van der Waals surface area contributed by atoms with Crippen LogP contribution in [0.15, 0.2) is 253 Å². The fraction of sp³-hybridized carbons (Fsp3) is 0.0152. The van der Waals surface area contributed by atoms with Gasteiger partial charge in [-0.3, -0.25) is 4.79 Å². The van der Waals surface area contributed by atoms with E-state index < -0.39 is 0 Å². The van der Waals surface area contributed by atoms with Crippen molar-refractivity contribution < 1.29 is 4.79 Å². The summed E-state index contributed by atoms with van der Waals surface area (Å²) in [5.74, 6) is 0.475. The van der Waals surface area contributed by atoms with E-state index in [-0.39, 0.29) is 5.78 Å². The van der Waals surface area contributed by atoms with Crippen LogP contribution in [0.4, 0.5) is 0 Å². The van der Waals surface area contributed by atoms with E-state index in [9.17, 15) is 4.79 Å². The lowest BCUT2D eigenvalue weighted by Crippen LogP contribution is -2.07. The molecule has 0 fully saturated rings. The number of aromatic nitrogens is 2. The van der Waals surface area contributed by atoms with E-state index in [0.29, 0.717) is 22.7 Å². The van der Waals surface area contributed by atoms with Crippen molar-refractivity contribution in [3.8, 4) is 44.8 Å². The van der Waals surface area contributed by atoms with Crippen molar-refractivity contribution in [1.82, 2.24) is 9.13 Å². The maximum atomic E-state index is 14.6. The van der Waals surface area contributed by atoms with Gasteiger partial charge in [0.1, 0.15) is 0 Å². The Hall–Kier alpha value is -9.45. The van der Waals surface area contributed by atoms with Crippen LogP contribution in [0.1, 0.15) is 39.5 Å². The van der Waals surface area contributed by atoms with Crippen molar-refractivity contribution in [2.24, 2.45) is 9.98 Å². The molecule has 0 spiro atoms. The molecule has 1 aliphatic carbocycles. The average Bonchev–Trinajstić information content (AvgIpc) is 4.06. The minimum absolute atomic E-state index is 0.0149. The highest BCUT2D eigenvalue weighted by atomic mass is 16.1. The molecule has 71 heavy (non-hydrogen) atoms. The molecule has 0 saturated carbocycles. The molecule has 2 aromatic heterocycles. The number of hydrogen-bond donors (Lipinski definition) is 0. The first-order valence-corrected chi connectivity index (χ1v) is 24.0. The maximum absolute atomic E-state index is 14.6. The lowest BCUT2D eigenvalue weighted by atomic mass is 9.90. The van der Waals surface area contributed by atoms with Crippen LogP contribution in [0.3, 0.4) is 0 Å². The van der Waals surface area contributed by atoms with Crippen molar-refractivity contribution in [2.75, 3.05) is 0 Å². The van der Waals surface area contributed by atoms with Gasteiger partial charge in [0.25, 0.3) is 0 Å². The Kier molecular flexibility index (Phi) is 9.96. The third-order valence-electron chi connectivity index (χ3n) is 14.0. The number of rotatable bonds is 8. The quantitative estimate of drug-likeness (QED) is 0.111. The fourth-order valence-corrected chi connectivity index (χ4v) is 10.7. The molecule has 13 rings (SSSR count). The molecule has 1 aliphatic rings. The Morgan fingerprint density at radius 1 is 0.394 bits per heavy atom. The Morgan fingerprint density at radius 2 is 0.845 bits per heavy atom. The van der Waals surface area contributed by atoms with E-state index in [1.54, 1.807) is 0 Å². The molecule has 5 heteroatoms. The number of fused-ring (bicyclic) bond motifs is 9. The topological polar surface area (TPSA) is 51.6 Å². The number of benzene rings is 10. The first kappa shape index (κ1) is 41.7. The molecule has 0 N–H and O–H groups in total. The molecule has 0 radical (unpaired) electrons. The number of aliphatic imine (C=N–C) groups is 2. The fourth-order valence-electron chi connectivity index (χ4n) is 10.7. The molecule has 0 aliphatic heterocycles. The highest BCUT2D eigenvalue weighted by Crippen LogP contribution is 2.47. The predicted molar refractivity (Wildman–Crippen MR) is 296 cm³/mol. The normalized spacial score (nSPS) is 12.5. The SMILES string of the molecule is C=C(/N=C(\N=C(/C)c1ccccc1)c1cccc2c1-c1c(cccc1-c1ccc3c(c1)c1cc(-c4ccc5c(c4)c4ccccc4n5-c4ccccc4)ccc1n3-c1ccccc1)C2=O)c1ccccc1. The van der Waals surface area contributed by atoms with Gasteiger partial charge in [-0.2, -0.15) is 0 Å². The zero-order chi connectivity index (χ0) is 47.6. The van der Waals surface area contributed by atoms with Gasteiger partial charge in [-0.25, -0.2) is 9.98 Å². The maximum Gasteiger partial charge on any atom is 0.194 e. The van der Waals surface area contributed by atoms with Crippen LogP contribution in [0.5, 0.6) is 0 Å². The van der Waals surface area contributed by atoms with E-state index in [2.05, 4.69) is 161 Å². The van der Waals surface area contributed by atoms with Crippen LogP contribution in [0.2, 0.25) is 0 Å². The minimum atomic E-state index is -0.0149. The van der Waals surface area contributed by atoms with Crippen LogP contribution in [-0.2, 0) is 0 Å². The Labute approximate surface area is 411 Å². The second-order valence-electron chi connectivity index (χ2n) is 18.2. The Balaban J connectivity index is 0.997. The van der Waals surface area contributed by atoms with Crippen LogP contribution in [-0.4, -0.2) is 26.5 Å². The van der Waals surface area contributed by atoms with E-state index >= 15 is 0 Å². The van der Waals surface area contributed by atoms with Crippen molar-refractivity contribution in [2.45, 2.75) is 6.92 Å². The number of nitrogens with zero attached hydrogens (tertiary/aromatic N) is 4. The molecule has 0 atom stereocenters. The third-order valence-corrected chi connectivity index (χ3v) is 14.0. The molecule has 12 aromatic rings. The van der Waals surface area contributed by atoms with E-state index in [1.807, 2.05) is 97.9 Å². The number of hydrogen-bond acceptors (Lipinski definition) is 2.